The van der Waals surface area contributed by atoms with E-state index in [9.17, 15) is 4.79 Å². The van der Waals surface area contributed by atoms with E-state index in [0.29, 0.717) is 13.1 Å². The van der Waals surface area contributed by atoms with Gasteiger partial charge in [0.05, 0.1) is 0 Å². The quantitative estimate of drug-likeness (QED) is 0.629. The highest BCUT2D eigenvalue weighted by atomic mass is 16.1. The summed E-state index contributed by atoms with van der Waals surface area (Å²) >= 11 is 0. The first kappa shape index (κ1) is 8.07. The van der Waals surface area contributed by atoms with Crippen molar-refractivity contribution in [2.45, 2.75) is 19.9 Å². The Labute approximate surface area is 65.0 Å². The van der Waals surface area contributed by atoms with Crippen LogP contribution >= 0.6 is 0 Å². The van der Waals surface area contributed by atoms with Gasteiger partial charge in [0, 0.05) is 25.0 Å². The molecule has 0 saturated carbocycles. The molecule has 1 heterocycles. The van der Waals surface area contributed by atoms with Gasteiger partial charge in [0.1, 0.15) is 0 Å². The van der Waals surface area contributed by atoms with Crippen LogP contribution in [-0.4, -0.2) is 16.1 Å². The summed E-state index contributed by atoms with van der Waals surface area (Å²) in [6, 6.07) is 0. The molecule has 0 atom stereocenters. The third kappa shape index (κ3) is 1.71. The Balaban J connectivity index is 2.88. The fraction of sp³-hybridized carbons (Fsp3) is 0.571. The van der Waals surface area contributed by atoms with Crippen LogP contribution in [0.1, 0.15) is 12.6 Å². The van der Waals surface area contributed by atoms with Gasteiger partial charge in [0.25, 0.3) is 0 Å². The van der Waals surface area contributed by atoms with Crippen LogP contribution < -0.4 is 11.4 Å². The maximum Gasteiger partial charge on any atom is 0.325 e. The van der Waals surface area contributed by atoms with Gasteiger partial charge in [-0.2, -0.15) is 0 Å². The molecule has 0 aromatic carbocycles. The molecule has 62 valence electrons. The number of aromatic amines is 1. The van der Waals surface area contributed by atoms with E-state index in [1.54, 1.807) is 4.57 Å². The number of aromatic nitrogens is 2. The average molecular weight is 155 g/mol. The second-order valence-electron chi connectivity index (χ2n) is 2.42. The molecule has 0 aliphatic heterocycles. The minimum Gasteiger partial charge on any atom is -0.329 e. The zero-order chi connectivity index (χ0) is 8.27. The molecule has 3 N–H and O–H groups in total. The van der Waals surface area contributed by atoms with Gasteiger partial charge in [-0.1, -0.05) is 6.92 Å². The molecular weight excluding hydrogens is 142 g/mol. The Kier molecular flexibility index (Phi) is 2.48. The number of rotatable bonds is 3. The predicted molar refractivity (Wildman–Crippen MR) is 43.5 cm³/mol. The van der Waals surface area contributed by atoms with E-state index >= 15 is 0 Å². The summed E-state index contributed by atoms with van der Waals surface area (Å²) in [5, 5.41) is 0. The van der Waals surface area contributed by atoms with Crippen LogP contribution in [0, 0.1) is 0 Å². The fourth-order valence-corrected chi connectivity index (χ4v) is 0.973. The van der Waals surface area contributed by atoms with Gasteiger partial charge in [-0.15, -0.1) is 0 Å². The van der Waals surface area contributed by atoms with E-state index in [-0.39, 0.29) is 5.69 Å². The molecule has 0 unspecified atom stereocenters. The molecule has 0 aliphatic rings. The minimum atomic E-state index is -0.0627. The first-order valence-electron chi connectivity index (χ1n) is 3.76. The lowest BCUT2D eigenvalue weighted by Gasteiger charge is -1.93. The molecular formula is C7H13N3O. The first-order chi connectivity index (χ1) is 5.27. The Hall–Kier alpha value is -1.03. The van der Waals surface area contributed by atoms with Crippen molar-refractivity contribution in [1.82, 2.24) is 9.55 Å². The third-order valence-electron chi connectivity index (χ3n) is 1.59. The van der Waals surface area contributed by atoms with Crippen molar-refractivity contribution >= 4 is 0 Å². The summed E-state index contributed by atoms with van der Waals surface area (Å²) in [5.74, 6) is 0. The molecule has 1 aromatic rings. The normalized spacial score (nSPS) is 10.4. The molecule has 1 aromatic heterocycles. The van der Waals surface area contributed by atoms with Crippen LogP contribution in [0.5, 0.6) is 0 Å². The number of nitrogens with one attached hydrogen (secondary N) is 1. The van der Waals surface area contributed by atoms with Gasteiger partial charge in [-0.05, 0) is 6.42 Å². The van der Waals surface area contributed by atoms with Crippen molar-refractivity contribution in [3.63, 3.8) is 0 Å². The van der Waals surface area contributed by atoms with Crippen LogP contribution in [0.2, 0.25) is 0 Å². The number of nitrogens with zero attached hydrogens (tertiary/aromatic N) is 1. The maximum absolute atomic E-state index is 11.0. The molecule has 4 nitrogen and oxygen atoms in total. The number of hydrogen-bond acceptors (Lipinski definition) is 2. The number of aryl methyl sites for hydroxylation is 1. The molecule has 0 spiro atoms. The highest BCUT2D eigenvalue weighted by molar-refractivity contribution is 4.95. The zero-order valence-electron chi connectivity index (χ0n) is 6.63. The molecule has 0 bridgehead atoms. The van der Waals surface area contributed by atoms with E-state index in [4.69, 9.17) is 5.73 Å². The third-order valence-corrected chi connectivity index (χ3v) is 1.59. The largest absolute Gasteiger partial charge is 0.329 e. The van der Waals surface area contributed by atoms with Crippen molar-refractivity contribution in [3.8, 4) is 0 Å². The number of nitrogens with two attached hydrogens (primary N) is 1. The highest BCUT2D eigenvalue weighted by Crippen LogP contribution is 1.90. The molecule has 11 heavy (non-hydrogen) atoms. The maximum atomic E-state index is 11.0. The zero-order valence-corrected chi connectivity index (χ0v) is 6.63. The van der Waals surface area contributed by atoms with Crippen molar-refractivity contribution in [2.24, 2.45) is 5.73 Å². The van der Waals surface area contributed by atoms with Gasteiger partial charge >= 0.3 is 5.69 Å². The van der Waals surface area contributed by atoms with Gasteiger partial charge in [0.2, 0.25) is 0 Å². The summed E-state index contributed by atoms with van der Waals surface area (Å²) in [5.41, 5.74) is 6.21. The van der Waals surface area contributed by atoms with Crippen LogP contribution in [0.4, 0.5) is 0 Å². The highest BCUT2D eigenvalue weighted by Gasteiger charge is 1.98. The Morgan fingerprint density at radius 3 is 2.91 bits per heavy atom. The standard InChI is InChI=1S/C7H13N3O/c1-2-6-5-10(4-3-8)7(11)9-6/h5H,2-4,8H2,1H3,(H,9,11). The van der Waals surface area contributed by atoms with E-state index < -0.39 is 0 Å². The van der Waals surface area contributed by atoms with E-state index in [1.165, 1.54) is 0 Å². The van der Waals surface area contributed by atoms with Crippen molar-refractivity contribution in [2.75, 3.05) is 6.54 Å². The van der Waals surface area contributed by atoms with Crippen molar-refractivity contribution in [1.29, 1.82) is 0 Å². The van der Waals surface area contributed by atoms with Crippen LogP contribution in [0.3, 0.4) is 0 Å². The lowest BCUT2D eigenvalue weighted by Crippen LogP contribution is -2.20. The Morgan fingerprint density at radius 2 is 2.45 bits per heavy atom. The molecule has 0 aliphatic carbocycles. The molecule has 4 heteroatoms. The van der Waals surface area contributed by atoms with Gasteiger partial charge < -0.3 is 10.7 Å². The molecule has 0 radical (unpaired) electrons. The topological polar surface area (TPSA) is 63.8 Å². The molecule has 0 fully saturated rings. The fourth-order valence-electron chi connectivity index (χ4n) is 0.973. The number of hydrogen-bond donors (Lipinski definition) is 2. The molecule has 1 rings (SSSR count). The smallest absolute Gasteiger partial charge is 0.325 e. The van der Waals surface area contributed by atoms with Crippen LogP contribution in [-0.2, 0) is 13.0 Å². The molecule has 0 saturated heterocycles. The van der Waals surface area contributed by atoms with Gasteiger partial charge in [-0.3, -0.25) is 4.57 Å². The summed E-state index contributed by atoms with van der Waals surface area (Å²) < 4.78 is 1.60. The summed E-state index contributed by atoms with van der Waals surface area (Å²) in [4.78, 5) is 13.8. The lowest BCUT2D eigenvalue weighted by molar-refractivity contribution is 0.683. The monoisotopic (exact) mass is 155 g/mol. The number of H-pyrrole nitrogens is 1. The summed E-state index contributed by atoms with van der Waals surface area (Å²) in [7, 11) is 0. The molecule has 0 amide bonds. The van der Waals surface area contributed by atoms with Crippen LogP contribution in [0.15, 0.2) is 11.0 Å². The summed E-state index contributed by atoms with van der Waals surface area (Å²) in [6.45, 7) is 3.09. The van der Waals surface area contributed by atoms with E-state index in [2.05, 4.69) is 4.98 Å². The van der Waals surface area contributed by atoms with E-state index in [0.717, 1.165) is 12.1 Å². The second-order valence-corrected chi connectivity index (χ2v) is 2.42. The van der Waals surface area contributed by atoms with Gasteiger partial charge in [0.15, 0.2) is 0 Å². The van der Waals surface area contributed by atoms with Crippen molar-refractivity contribution in [3.05, 3.63) is 22.4 Å². The first-order valence-corrected chi connectivity index (χ1v) is 3.76. The Morgan fingerprint density at radius 1 is 1.73 bits per heavy atom. The van der Waals surface area contributed by atoms with Gasteiger partial charge in [-0.25, -0.2) is 4.79 Å². The summed E-state index contributed by atoms with van der Waals surface area (Å²) in [6.07, 6.45) is 2.67. The number of imidazole rings is 1. The second kappa shape index (κ2) is 3.39. The van der Waals surface area contributed by atoms with Crippen LogP contribution in [0.25, 0.3) is 0 Å². The lowest BCUT2D eigenvalue weighted by atomic mass is 10.4. The van der Waals surface area contributed by atoms with E-state index in [1.807, 2.05) is 13.1 Å². The average Bonchev–Trinajstić information content (AvgIpc) is 2.33. The Bertz CT molecular complexity index is 273. The SMILES string of the molecule is CCc1cn(CCN)c(=O)[nH]1. The van der Waals surface area contributed by atoms with Crippen molar-refractivity contribution < 1.29 is 0 Å². The predicted octanol–water partition coefficient (Wildman–Crippen LogP) is -0.302. The minimum absolute atomic E-state index is 0.0627.